The third-order valence-electron chi connectivity index (χ3n) is 10.9. The molecule has 0 fully saturated rings. The third kappa shape index (κ3) is 3.50. The van der Waals surface area contributed by atoms with E-state index in [1.807, 2.05) is 0 Å². The number of aromatic nitrogens is 2. The summed E-state index contributed by atoms with van der Waals surface area (Å²) in [5, 5.41) is 2.73. The fraction of sp³-hybridized carbons (Fsp3) is 0.190. The Hall–Kier alpha value is -4.96. The van der Waals surface area contributed by atoms with Gasteiger partial charge < -0.3 is 14.0 Å². The number of fused-ring (bicyclic) bond motifs is 4. The minimum absolute atomic E-state index is 0.0417. The number of nitrogens with zero attached hydrogens (tertiary/aromatic N) is 3. The Morgan fingerprint density at radius 3 is 1.65 bits per heavy atom. The Kier molecular flexibility index (Phi) is 5.53. The molecule has 0 aliphatic carbocycles. The molecule has 2 aliphatic heterocycles. The monoisotopic (exact) mass is 595 g/mol. The molecule has 0 atom stereocenters. The average Bonchev–Trinajstić information content (AvgIpc) is 3.47. The van der Waals surface area contributed by atoms with Gasteiger partial charge in [0.15, 0.2) is 0 Å². The summed E-state index contributed by atoms with van der Waals surface area (Å²) in [5.74, 6) is 0. The van der Waals surface area contributed by atoms with Crippen LogP contribution in [0.2, 0.25) is 0 Å². The molecule has 0 N–H and O–H groups in total. The van der Waals surface area contributed by atoms with Gasteiger partial charge >= 0.3 is 0 Å². The van der Waals surface area contributed by atoms with Gasteiger partial charge in [-0.2, -0.15) is 0 Å². The number of benzene rings is 5. The first kappa shape index (κ1) is 27.4. The second-order valence-corrected chi connectivity index (χ2v) is 14.4. The molecule has 0 bridgehead atoms. The van der Waals surface area contributed by atoms with E-state index in [0.717, 1.165) is 17.1 Å². The van der Waals surface area contributed by atoms with Crippen molar-refractivity contribution in [2.75, 3.05) is 4.90 Å². The van der Waals surface area contributed by atoms with Crippen molar-refractivity contribution < 1.29 is 0 Å². The van der Waals surface area contributed by atoms with E-state index in [-0.39, 0.29) is 12.1 Å². The molecule has 4 heterocycles. The third-order valence-corrected chi connectivity index (χ3v) is 10.9. The Morgan fingerprint density at radius 1 is 0.543 bits per heavy atom. The van der Waals surface area contributed by atoms with Crippen LogP contribution in [0.25, 0.3) is 33.2 Å². The van der Waals surface area contributed by atoms with Crippen LogP contribution in [0, 0.1) is 27.7 Å². The number of aryl methyl sites for hydroxylation is 2. The van der Waals surface area contributed by atoms with Crippen LogP contribution in [0.15, 0.2) is 103 Å². The van der Waals surface area contributed by atoms with Crippen molar-refractivity contribution in [1.82, 2.24) is 9.13 Å². The first-order chi connectivity index (χ1) is 22.1. The predicted octanol–water partition coefficient (Wildman–Crippen LogP) is 8.72. The molecule has 224 valence electrons. The zero-order valence-electron chi connectivity index (χ0n) is 27.7. The van der Waals surface area contributed by atoms with Gasteiger partial charge in [-0.15, -0.1) is 0 Å². The van der Waals surface area contributed by atoms with Gasteiger partial charge in [0.25, 0.3) is 6.71 Å². The van der Waals surface area contributed by atoms with Crippen LogP contribution in [0.3, 0.4) is 0 Å². The molecule has 0 radical (unpaired) electrons. The number of hydrogen-bond acceptors (Lipinski definition) is 1. The zero-order chi connectivity index (χ0) is 31.6. The lowest BCUT2D eigenvalue weighted by Gasteiger charge is -2.36. The normalized spacial score (nSPS) is 13.1. The lowest BCUT2D eigenvalue weighted by atomic mass is 9.34. The summed E-state index contributed by atoms with van der Waals surface area (Å²) in [6.45, 7) is 16.4. The summed E-state index contributed by atoms with van der Waals surface area (Å²) in [4.78, 5) is 2.41. The molecular weight excluding hydrogens is 557 g/mol. The first-order valence-corrected chi connectivity index (χ1v) is 16.5. The van der Waals surface area contributed by atoms with Crippen LogP contribution in [-0.2, 0) is 5.41 Å². The maximum atomic E-state index is 2.58. The van der Waals surface area contributed by atoms with Crippen LogP contribution in [0.1, 0.15) is 48.8 Å². The molecule has 5 aromatic carbocycles. The van der Waals surface area contributed by atoms with E-state index in [9.17, 15) is 0 Å². The van der Waals surface area contributed by atoms with Crippen molar-refractivity contribution in [1.29, 1.82) is 0 Å². The lowest BCUT2D eigenvalue weighted by molar-refractivity contribution is 0.591. The molecule has 9 rings (SSSR count). The summed E-state index contributed by atoms with van der Waals surface area (Å²) in [6.07, 6.45) is 0. The van der Waals surface area contributed by atoms with Crippen molar-refractivity contribution in [3.8, 4) is 11.4 Å². The highest BCUT2D eigenvalue weighted by Crippen LogP contribution is 2.42. The van der Waals surface area contributed by atoms with E-state index in [4.69, 9.17) is 0 Å². The van der Waals surface area contributed by atoms with Crippen molar-refractivity contribution in [2.24, 2.45) is 0 Å². The largest absolute Gasteiger partial charge is 0.314 e. The maximum absolute atomic E-state index is 2.58. The Morgan fingerprint density at radius 2 is 1.09 bits per heavy atom. The molecule has 0 amide bonds. The molecule has 3 nitrogen and oxygen atoms in total. The molecule has 0 unspecified atom stereocenters. The van der Waals surface area contributed by atoms with Gasteiger partial charge in [0.1, 0.15) is 0 Å². The molecule has 4 heteroatoms. The van der Waals surface area contributed by atoms with Gasteiger partial charge in [0, 0.05) is 55.9 Å². The standard InChI is InChI=1S/C42H38BN3/c1-25-27(3)44-37-23-32(46(30-15-10-8-11-16-30)31-17-12-9-13-18-31)24-38-39(37)43(35-20-14-19-33(25)40(35)44)36-22-29(42(5,6)7)21-34-26(2)28(4)45(38)41(34)36/h8-24H,1-7H3. The van der Waals surface area contributed by atoms with Gasteiger partial charge in [0.05, 0.1) is 5.69 Å². The summed E-state index contributed by atoms with van der Waals surface area (Å²) in [7, 11) is 0. The second kappa shape index (κ2) is 9.29. The van der Waals surface area contributed by atoms with Gasteiger partial charge in [0.2, 0.25) is 0 Å². The van der Waals surface area contributed by atoms with Crippen molar-refractivity contribution in [3.63, 3.8) is 0 Å². The quantitative estimate of drug-likeness (QED) is 0.186. The van der Waals surface area contributed by atoms with E-state index in [2.05, 4.69) is 166 Å². The predicted molar refractivity (Wildman–Crippen MR) is 197 cm³/mol. The topological polar surface area (TPSA) is 13.1 Å². The summed E-state index contributed by atoms with van der Waals surface area (Å²) in [6, 6.07) is 38.5. The highest BCUT2D eigenvalue weighted by molar-refractivity contribution is 7.00. The molecule has 2 aliphatic rings. The van der Waals surface area contributed by atoms with E-state index < -0.39 is 0 Å². The van der Waals surface area contributed by atoms with Crippen molar-refractivity contribution in [3.05, 3.63) is 131 Å². The SMILES string of the molecule is Cc1c(C)n2c3c(cccc13)B1c3c-2cc(N(c2ccccc2)c2ccccc2)cc3-n2c(C)c(C)c3cc(C(C)(C)C)cc1c32. The highest BCUT2D eigenvalue weighted by atomic mass is 15.2. The second-order valence-electron chi connectivity index (χ2n) is 14.4. The van der Waals surface area contributed by atoms with Crippen LogP contribution < -0.4 is 21.3 Å². The molecule has 0 spiro atoms. The molecule has 7 aromatic rings. The van der Waals surface area contributed by atoms with Crippen LogP contribution in [0.5, 0.6) is 0 Å². The number of anilines is 3. The molecule has 2 aromatic heterocycles. The first-order valence-electron chi connectivity index (χ1n) is 16.5. The highest BCUT2D eigenvalue weighted by Gasteiger charge is 2.42. The van der Waals surface area contributed by atoms with Gasteiger partial charge in [-0.1, -0.05) is 81.4 Å². The zero-order valence-corrected chi connectivity index (χ0v) is 27.7. The molecule has 0 saturated carbocycles. The van der Waals surface area contributed by atoms with E-state index in [1.54, 1.807) is 0 Å². The number of para-hydroxylation sites is 3. The Bertz CT molecular complexity index is 2350. The fourth-order valence-corrected chi connectivity index (χ4v) is 8.34. The van der Waals surface area contributed by atoms with Crippen LogP contribution in [-0.4, -0.2) is 15.8 Å². The minimum Gasteiger partial charge on any atom is -0.314 e. The van der Waals surface area contributed by atoms with E-state index in [0.29, 0.717) is 0 Å². The average molecular weight is 596 g/mol. The van der Waals surface area contributed by atoms with E-state index >= 15 is 0 Å². The van der Waals surface area contributed by atoms with Crippen LogP contribution >= 0.6 is 0 Å². The minimum atomic E-state index is 0.0417. The maximum Gasteiger partial charge on any atom is 0.252 e. The fourth-order valence-electron chi connectivity index (χ4n) is 8.34. The molecular formula is C42H38BN3. The molecule has 46 heavy (non-hydrogen) atoms. The van der Waals surface area contributed by atoms with Gasteiger partial charge in [-0.25, -0.2) is 0 Å². The van der Waals surface area contributed by atoms with Crippen molar-refractivity contribution >= 4 is 62.0 Å². The van der Waals surface area contributed by atoms with Crippen LogP contribution in [0.4, 0.5) is 17.1 Å². The lowest BCUT2D eigenvalue weighted by Crippen LogP contribution is -2.59. The summed E-state index contributed by atoms with van der Waals surface area (Å²) in [5.41, 5.74) is 19.8. The van der Waals surface area contributed by atoms with E-state index in [1.165, 1.54) is 77.6 Å². The summed E-state index contributed by atoms with van der Waals surface area (Å²) >= 11 is 0. The van der Waals surface area contributed by atoms with Crippen molar-refractivity contribution in [2.45, 2.75) is 53.9 Å². The summed E-state index contributed by atoms with van der Waals surface area (Å²) < 4.78 is 5.14. The number of hydrogen-bond donors (Lipinski definition) is 0. The Labute approximate surface area is 271 Å². The smallest absolute Gasteiger partial charge is 0.252 e. The van der Waals surface area contributed by atoms with Gasteiger partial charge in [-0.05, 0) is 109 Å². The Balaban J connectivity index is 1.48. The number of rotatable bonds is 3. The molecule has 0 saturated heterocycles. The van der Waals surface area contributed by atoms with Gasteiger partial charge in [-0.3, -0.25) is 0 Å².